The van der Waals surface area contributed by atoms with Gasteiger partial charge in [-0.05, 0) is 106 Å². The fourth-order valence-corrected chi connectivity index (χ4v) is 7.79. The van der Waals surface area contributed by atoms with Crippen molar-refractivity contribution in [1.82, 2.24) is 0 Å². The van der Waals surface area contributed by atoms with Crippen LogP contribution in [0.2, 0.25) is 0 Å². The Morgan fingerprint density at radius 1 is 1.11 bits per heavy atom. The molecule has 0 spiro atoms. The van der Waals surface area contributed by atoms with E-state index in [1.54, 1.807) is 5.57 Å². The van der Waals surface area contributed by atoms with Gasteiger partial charge in [-0.15, -0.1) is 0 Å². The highest BCUT2D eigenvalue weighted by Gasteiger charge is 2.56. The summed E-state index contributed by atoms with van der Waals surface area (Å²) in [5.74, 6) is 3.25. The predicted octanol–water partition coefficient (Wildman–Crippen LogP) is 7.23. The van der Waals surface area contributed by atoms with E-state index in [4.69, 9.17) is 0 Å². The van der Waals surface area contributed by atoms with E-state index in [9.17, 15) is 5.11 Å². The maximum absolute atomic E-state index is 10.2. The third-order valence-electron chi connectivity index (χ3n) is 9.48. The first-order valence-corrected chi connectivity index (χ1v) is 12.0. The number of rotatable bonds is 4. The molecule has 0 radical (unpaired) electrons. The van der Waals surface area contributed by atoms with Crippen LogP contribution in [-0.2, 0) is 0 Å². The molecule has 1 nitrogen and oxygen atoms in total. The Kier molecular flexibility index (Phi) is 5.45. The molecular formula is C27H42O. The van der Waals surface area contributed by atoms with Crippen LogP contribution in [0.4, 0.5) is 0 Å². The molecule has 156 valence electrons. The predicted molar refractivity (Wildman–Crippen MR) is 119 cm³/mol. The molecule has 0 amide bonds. The first-order valence-electron chi connectivity index (χ1n) is 12.0. The van der Waals surface area contributed by atoms with Crippen LogP contribution in [0.5, 0.6) is 0 Å². The zero-order valence-corrected chi connectivity index (χ0v) is 18.9. The normalized spacial score (nSPS) is 43.2. The summed E-state index contributed by atoms with van der Waals surface area (Å²) >= 11 is 0. The molecule has 0 aromatic rings. The van der Waals surface area contributed by atoms with Crippen molar-refractivity contribution in [3.8, 4) is 0 Å². The average Bonchev–Trinajstić information content (AvgIpc) is 2.99. The molecule has 0 aromatic heterocycles. The minimum atomic E-state index is -0.111. The van der Waals surface area contributed by atoms with E-state index >= 15 is 0 Å². The van der Waals surface area contributed by atoms with Gasteiger partial charge in [0, 0.05) is 0 Å². The minimum Gasteiger partial charge on any atom is -0.393 e. The smallest absolute Gasteiger partial charge is 0.0578 e. The molecule has 7 atom stereocenters. The maximum atomic E-state index is 10.2. The second-order valence-electron chi connectivity index (χ2n) is 11.3. The SMILES string of the molecule is CC(C)=CCC[C@@H](C)[C@H]1CC[C@H]2C3=CC=C4CC(O)CC[C@]4(C)[C@H]3CC[C@]12C. The van der Waals surface area contributed by atoms with Crippen LogP contribution in [0, 0.1) is 34.5 Å². The third-order valence-corrected chi connectivity index (χ3v) is 9.48. The van der Waals surface area contributed by atoms with Gasteiger partial charge in [-0.25, -0.2) is 0 Å². The largest absolute Gasteiger partial charge is 0.393 e. The van der Waals surface area contributed by atoms with Gasteiger partial charge in [0.1, 0.15) is 0 Å². The number of aliphatic hydroxyl groups is 1. The second-order valence-corrected chi connectivity index (χ2v) is 11.3. The van der Waals surface area contributed by atoms with Gasteiger partial charge in [0.05, 0.1) is 6.10 Å². The van der Waals surface area contributed by atoms with E-state index in [2.05, 4.69) is 52.8 Å². The highest BCUT2D eigenvalue weighted by atomic mass is 16.3. The molecule has 28 heavy (non-hydrogen) atoms. The van der Waals surface area contributed by atoms with Crippen LogP contribution in [0.1, 0.15) is 92.4 Å². The van der Waals surface area contributed by atoms with E-state index in [0.717, 1.165) is 36.5 Å². The summed E-state index contributed by atoms with van der Waals surface area (Å²) < 4.78 is 0. The quantitative estimate of drug-likeness (QED) is 0.508. The summed E-state index contributed by atoms with van der Waals surface area (Å²) in [5.41, 5.74) is 5.60. The number of hydrogen-bond acceptors (Lipinski definition) is 1. The molecule has 1 heteroatoms. The summed E-state index contributed by atoms with van der Waals surface area (Å²) in [6.45, 7) is 12.1. The van der Waals surface area contributed by atoms with Crippen LogP contribution in [-0.4, -0.2) is 11.2 Å². The Morgan fingerprint density at radius 3 is 2.64 bits per heavy atom. The molecule has 1 unspecified atom stereocenters. The molecule has 4 rings (SSSR count). The van der Waals surface area contributed by atoms with E-state index < -0.39 is 0 Å². The van der Waals surface area contributed by atoms with Crippen molar-refractivity contribution in [2.45, 2.75) is 98.5 Å². The standard InChI is InChI=1S/C27H42O/c1-18(2)7-6-8-19(3)23-11-12-24-22-10-9-20-17-21(28)13-15-26(20,4)25(22)14-16-27(23,24)5/h7,9-10,19,21,23-25,28H,6,8,11-17H2,1-5H3/t19-,21?,23-,24+,25+,26+,27-/m1/s1. The van der Waals surface area contributed by atoms with Crippen LogP contribution >= 0.6 is 0 Å². The van der Waals surface area contributed by atoms with E-state index in [1.807, 2.05) is 0 Å². The summed E-state index contributed by atoms with van der Waals surface area (Å²) in [7, 11) is 0. The van der Waals surface area contributed by atoms with E-state index in [0.29, 0.717) is 10.8 Å². The summed E-state index contributed by atoms with van der Waals surface area (Å²) in [5, 5.41) is 10.2. The Morgan fingerprint density at radius 2 is 1.89 bits per heavy atom. The monoisotopic (exact) mass is 382 g/mol. The molecule has 0 saturated heterocycles. The highest BCUT2D eigenvalue weighted by molar-refractivity contribution is 5.38. The lowest BCUT2D eigenvalue weighted by Crippen LogP contribution is -2.46. The number of fused-ring (bicyclic) bond motifs is 5. The van der Waals surface area contributed by atoms with Crippen LogP contribution in [0.25, 0.3) is 0 Å². The lowest BCUT2D eigenvalue weighted by atomic mass is 9.50. The number of hydrogen-bond donors (Lipinski definition) is 1. The first-order chi connectivity index (χ1) is 13.3. The molecule has 0 aromatic carbocycles. The lowest BCUT2D eigenvalue weighted by molar-refractivity contribution is 0.0328. The van der Waals surface area contributed by atoms with Crippen molar-refractivity contribution in [2.75, 3.05) is 0 Å². The third kappa shape index (κ3) is 3.26. The van der Waals surface area contributed by atoms with Gasteiger partial charge in [0.25, 0.3) is 0 Å². The van der Waals surface area contributed by atoms with Gasteiger partial charge >= 0.3 is 0 Å². The zero-order valence-electron chi connectivity index (χ0n) is 18.9. The fourth-order valence-electron chi connectivity index (χ4n) is 7.79. The van der Waals surface area contributed by atoms with Crippen molar-refractivity contribution in [1.29, 1.82) is 0 Å². The molecular weight excluding hydrogens is 340 g/mol. The Hall–Kier alpha value is -0.820. The highest BCUT2D eigenvalue weighted by Crippen LogP contribution is 2.66. The maximum Gasteiger partial charge on any atom is 0.0578 e. The van der Waals surface area contributed by atoms with Crippen LogP contribution in [0.3, 0.4) is 0 Å². The summed E-state index contributed by atoms with van der Waals surface area (Å²) in [6.07, 6.45) is 18.5. The zero-order chi connectivity index (χ0) is 20.1. The molecule has 3 fully saturated rings. The minimum absolute atomic E-state index is 0.111. The molecule has 3 saturated carbocycles. The molecule has 0 heterocycles. The van der Waals surface area contributed by atoms with Crippen molar-refractivity contribution in [2.24, 2.45) is 34.5 Å². The van der Waals surface area contributed by atoms with Crippen LogP contribution in [0.15, 0.2) is 34.9 Å². The van der Waals surface area contributed by atoms with Crippen molar-refractivity contribution in [3.63, 3.8) is 0 Å². The summed E-state index contributed by atoms with van der Waals surface area (Å²) in [6, 6.07) is 0. The Balaban J connectivity index is 1.55. The second kappa shape index (κ2) is 7.46. The van der Waals surface area contributed by atoms with Gasteiger partial charge in [0.2, 0.25) is 0 Å². The van der Waals surface area contributed by atoms with Gasteiger partial charge in [-0.1, -0.05) is 55.7 Å². The molecule has 4 aliphatic rings. The molecule has 0 bridgehead atoms. The lowest BCUT2D eigenvalue weighted by Gasteiger charge is -2.55. The van der Waals surface area contributed by atoms with Crippen molar-refractivity contribution >= 4 is 0 Å². The summed E-state index contributed by atoms with van der Waals surface area (Å²) in [4.78, 5) is 0. The Bertz CT molecular complexity index is 693. The molecule has 0 aliphatic heterocycles. The fraction of sp³-hybridized carbons (Fsp3) is 0.778. The molecule has 1 N–H and O–H groups in total. The number of allylic oxidation sites excluding steroid dienone is 5. The average molecular weight is 383 g/mol. The topological polar surface area (TPSA) is 20.2 Å². The first kappa shape index (κ1) is 20.5. The van der Waals surface area contributed by atoms with Gasteiger partial charge in [-0.3, -0.25) is 0 Å². The van der Waals surface area contributed by atoms with Gasteiger partial charge in [-0.2, -0.15) is 0 Å². The van der Waals surface area contributed by atoms with Crippen LogP contribution < -0.4 is 0 Å². The number of aliphatic hydroxyl groups excluding tert-OH is 1. The van der Waals surface area contributed by atoms with Crippen molar-refractivity contribution < 1.29 is 5.11 Å². The van der Waals surface area contributed by atoms with E-state index in [1.165, 1.54) is 56.1 Å². The Labute approximate surface area is 173 Å². The van der Waals surface area contributed by atoms with Gasteiger partial charge in [0.15, 0.2) is 0 Å². The van der Waals surface area contributed by atoms with Gasteiger partial charge < -0.3 is 5.11 Å². The molecule has 4 aliphatic carbocycles. The van der Waals surface area contributed by atoms with Crippen molar-refractivity contribution in [3.05, 3.63) is 34.9 Å². The van der Waals surface area contributed by atoms with E-state index in [-0.39, 0.29) is 6.10 Å².